The highest BCUT2D eigenvalue weighted by molar-refractivity contribution is 5.65. The summed E-state index contributed by atoms with van der Waals surface area (Å²) >= 11 is 0. The second-order valence-electron chi connectivity index (χ2n) is 10.2. The molecule has 5 heteroatoms. The molecule has 5 nitrogen and oxygen atoms in total. The van der Waals surface area contributed by atoms with Crippen LogP contribution in [-0.2, 0) is 11.8 Å². The van der Waals surface area contributed by atoms with Crippen LogP contribution in [0, 0.1) is 11.3 Å². The van der Waals surface area contributed by atoms with Crippen LogP contribution in [0.4, 0.5) is 0 Å². The van der Waals surface area contributed by atoms with Crippen LogP contribution in [0.25, 0.3) is 0 Å². The number of aromatic hydroxyl groups is 1. The monoisotopic (exact) mass is 369 g/mol. The van der Waals surface area contributed by atoms with Crippen LogP contribution in [0.15, 0.2) is 12.1 Å². The predicted molar refractivity (Wildman–Crippen MR) is 97.8 cm³/mol. The van der Waals surface area contributed by atoms with Gasteiger partial charge in [-0.25, -0.2) is 0 Å². The van der Waals surface area contributed by atoms with Crippen LogP contribution in [-0.4, -0.2) is 57.2 Å². The smallest absolute Gasteiger partial charge is 0.165 e. The summed E-state index contributed by atoms with van der Waals surface area (Å²) in [5.41, 5.74) is 0.670. The van der Waals surface area contributed by atoms with Crippen LogP contribution < -0.4 is 4.74 Å². The normalized spacial score (nSPS) is 49.0. The van der Waals surface area contributed by atoms with Gasteiger partial charge in [0.1, 0.15) is 11.7 Å². The Labute approximate surface area is 158 Å². The maximum Gasteiger partial charge on any atom is 0.165 e. The van der Waals surface area contributed by atoms with Gasteiger partial charge in [-0.3, -0.25) is 4.90 Å². The average Bonchev–Trinajstić information content (AvgIpc) is 3.01. The minimum Gasteiger partial charge on any atom is -0.504 e. The Morgan fingerprint density at radius 1 is 1.22 bits per heavy atom. The van der Waals surface area contributed by atoms with Crippen molar-refractivity contribution in [1.82, 2.24) is 4.90 Å². The number of rotatable bonds is 2. The van der Waals surface area contributed by atoms with E-state index in [4.69, 9.17) is 4.74 Å². The van der Waals surface area contributed by atoms with Gasteiger partial charge in [0.15, 0.2) is 11.5 Å². The lowest BCUT2D eigenvalue weighted by molar-refractivity contribution is -0.241. The van der Waals surface area contributed by atoms with Crippen LogP contribution in [0.1, 0.15) is 49.7 Å². The summed E-state index contributed by atoms with van der Waals surface area (Å²) in [4.78, 5) is 2.58. The number of aliphatic hydroxyl groups is 2. The molecule has 2 heterocycles. The summed E-state index contributed by atoms with van der Waals surface area (Å²) < 4.78 is 6.22. The van der Waals surface area contributed by atoms with Crippen LogP contribution in [0.5, 0.6) is 11.5 Å². The van der Waals surface area contributed by atoms with Crippen molar-refractivity contribution < 1.29 is 20.1 Å². The van der Waals surface area contributed by atoms with E-state index in [1.165, 1.54) is 24.8 Å². The van der Waals surface area contributed by atoms with Crippen molar-refractivity contribution in [1.29, 1.82) is 0 Å². The van der Waals surface area contributed by atoms with E-state index in [2.05, 4.69) is 4.90 Å². The molecule has 1 saturated heterocycles. The fourth-order valence-electron chi connectivity index (χ4n) is 8.14. The van der Waals surface area contributed by atoms with E-state index in [9.17, 15) is 15.3 Å². The zero-order valence-electron chi connectivity index (χ0n) is 15.5. The number of hydrogen-bond acceptors (Lipinski definition) is 5. The van der Waals surface area contributed by atoms with Gasteiger partial charge in [-0.05, 0) is 56.1 Å². The molecular weight excluding hydrogens is 342 g/mol. The third kappa shape index (κ3) is 1.42. The molecule has 1 unspecified atom stereocenters. The molecule has 2 bridgehead atoms. The standard InChI is InChI=1S/C22H27NO4/c24-14-5-4-13-8-16-22(26)20(11-23(16)9-12-2-1-3-12)7-6-15(25)19-21(22,10-20)17(13)18(14)27-19/h4-5,12,15-16,19,24-26H,1-3,6-11H2/t15-,16+,19-,20?,21-,22-/m0/s1. The maximum atomic E-state index is 12.4. The zero-order chi connectivity index (χ0) is 18.2. The fourth-order valence-corrected chi connectivity index (χ4v) is 8.14. The number of aliphatic hydroxyl groups excluding tert-OH is 1. The quantitative estimate of drug-likeness (QED) is 0.740. The van der Waals surface area contributed by atoms with Crippen molar-refractivity contribution in [2.24, 2.45) is 11.3 Å². The molecule has 5 fully saturated rings. The van der Waals surface area contributed by atoms with Crippen LogP contribution in [0.3, 0.4) is 0 Å². The zero-order valence-corrected chi connectivity index (χ0v) is 15.5. The van der Waals surface area contributed by atoms with Gasteiger partial charge in [0.25, 0.3) is 0 Å². The molecule has 0 radical (unpaired) electrons. The Hall–Kier alpha value is -1.30. The first kappa shape index (κ1) is 15.6. The highest BCUT2D eigenvalue weighted by Crippen LogP contribution is 2.78. The van der Waals surface area contributed by atoms with Gasteiger partial charge in [-0.15, -0.1) is 0 Å². The van der Waals surface area contributed by atoms with Crippen LogP contribution >= 0.6 is 0 Å². The lowest BCUT2D eigenvalue weighted by atomic mass is 9.37. The summed E-state index contributed by atoms with van der Waals surface area (Å²) in [6.07, 6.45) is 6.19. The fraction of sp³-hybridized carbons (Fsp3) is 0.727. The molecule has 7 aliphatic rings. The van der Waals surface area contributed by atoms with E-state index in [0.29, 0.717) is 12.2 Å². The van der Waals surface area contributed by atoms with E-state index in [1.54, 1.807) is 6.07 Å². The largest absolute Gasteiger partial charge is 0.504 e. The number of hydrogen-bond donors (Lipinski definition) is 3. The summed E-state index contributed by atoms with van der Waals surface area (Å²) in [5, 5.41) is 33.7. The maximum absolute atomic E-state index is 12.4. The number of likely N-dealkylation sites (tertiary alicyclic amines) is 1. The number of ether oxygens (including phenoxy) is 1. The number of phenolic OH excluding ortho intramolecular Hbond substituents is 1. The number of nitrogens with zero attached hydrogens (tertiary/aromatic N) is 1. The second-order valence-corrected chi connectivity index (χ2v) is 10.2. The molecular formula is C22H27NO4. The molecule has 144 valence electrons. The van der Waals surface area contributed by atoms with E-state index >= 15 is 0 Å². The van der Waals surface area contributed by atoms with Gasteiger partial charge < -0.3 is 20.1 Å². The van der Waals surface area contributed by atoms with Crippen molar-refractivity contribution in [2.75, 3.05) is 13.1 Å². The number of benzene rings is 1. The molecule has 2 aliphatic heterocycles. The Kier molecular flexibility index (Phi) is 2.58. The Bertz CT molecular complexity index is 868. The second kappa shape index (κ2) is 4.47. The molecule has 4 saturated carbocycles. The third-order valence-electron chi connectivity index (χ3n) is 9.33. The average molecular weight is 369 g/mol. The molecule has 0 amide bonds. The minimum atomic E-state index is -0.849. The van der Waals surface area contributed by atoms with Gasteiger partial charge in [0.2, 0.25) is 0 Å². The summed E-state index contributed by atoms with van der Waals surface area (Å²) in [6.45, 7) is 2.04. The molecule has 1 aromatic carbocycles. The van der Waals surface area contributed by atoms with Crippen LogP contribution in [0.2, 0.25) is 0 Å². The Morgan fingerprint density at radius 2 is 2.07 bits per heavy atom. The summed E-state index contributed by atoms with van der Waals surface area (Å²) in [7, 11) is 0. The molecule has 3 N–H and O–H groups in total. The van der Waals surface area contributed by atoms with Gasteiger partial charge in [0.05, 0.1) is 11.5 Å². The van der Waals surface area contributed by atoms with Gasteiger partial charge >= 0.3 is 0 Å². The molecule has 1 aromatic rings. The first-order valence-electron chi connectivity index (χ1n) is 10.7. The molecule has 6 atom stereocenters. The predicted octanol–water partition coefficient (Wildman–Crippen LogP) is 1.71. The first-order chi connectivity index (χ1) is 13.0. The highest BCUT2D eigenvalue weighted by Gasteiger charge is 2.87. The Balaban J connectivity index is 1.45. The van der Waals surface area contributed by atoms with Crippen molar-refractivity contribution in [3.05, 3.63) is 23.3 Å². The minimum absolute atomic E-state index is 0.103. The first-order valence-corrected chi connectivity index (χ1v) is 10.7. The van der Waals surface area contributed by atoms with Gasteiger partial charge in [-0.1, -0.05) is 12.5 Å². The van der Waals surface area contributed by atoms with Gasteiger partial charge in [-0.2, -0.15) is 0 Å². The summed E-state index contributed by atoms with van der Waals surface area (Å²) in [6, 6.07) is 3.85. The molecule has 5 aliphatic carbocycles. The van der Waals surface area contributed by atoms with Crippen molar-refractivity contribution in [3.63, 3.8) is 0 Å². The van der Waals surface area contributed by atoms with E-state index in [0.717, 1.165) is 43.8 Å². The molecule has 2 spiro atoms. The van der Waals surface area contributed by atoms with Crippen molar-refractivity contribution in [3.8, 4) is 11.5 Å². The number of fused-ring (bicyclic) bond motifs is 2. The highest BCUT2D eigenvalue weighted by atomic mass is 16.5. The number of phenols is 1. The molecule has 27 heavy (non-hydrogen) atoms. The SMILES string of the molecule is Oc1ccc2c3c1O[C@H]1[C@@H](O)CCC45CN(CC6CCC6)[C@H](C2)[C@@]4(O)[C@@]31C5. The van der Waals surface area contributed by atoms with Crippen molar-refractivity contribution in [2.45, 2.75) is 74.2 Å². The van der Waals surface area contributed by atoms with E-state index in [1.807, 2.05) is 6.07 Å². The lowest BCUT2D eigenvalue weighted by Crippen LogP contribution is -2.80. The topological polar surface area (TPSA) is 73.2 Å². The van der Waals surface area contributed by atoms with Gasteiger partial charge in [0, 0.05) is 30.1 Å². The van der Waals surface area contributed by atoms with E-state index in [-0.39, 0.29) is 17.2 Å². The summed E-state index contributed by atoms with van der Waals surface area (Å²) in [5.74, 6) is 1.45. The third-order valence-corrected chi connectivity index (χ3v) is 9.33. The Morgan fingerprint density at radius 3 is 2.85 bits per heavy atom. The molecule has 8 rings (SSSR count). The lowest BCUT2D eigenvalue weighted by Gasteiger charge is -2.67. The van der Waals surface area contributed by atoms with Crippen molar-refractivity contribution >= 4 is 0 Å². The molecule has 0 aromatic heterocycles. The van der Waals surface area contributed by atoms with E-state index < -0.39 is 23.2 Å².